The van der Waals surface area contributed by atoms with Gasteiger partial charge < -0.3 is 15.0 Å². The highest BCUT2D eigenvalue weighted by molar-refractivity contribution is 9.10. The van der Waals surface area contributed by atoms with Crippen molar-refractivity contribution in [3.05, 3.63) is 58.6 Å². The van der Waals surface area contributed by atoms with Crippen LogP contribution in [0.5, 0.6) is 5.75 Å². The number of hydrogen-bond acceptors (Lipinski definition) is 3. The Morgan fingerprint density at radius 1 is 1.21 bits per heavy atom. The van der Waals surface area contributed by atoms with Crippen LogP contribution in [0.1, 0.15) is 5.56 Å². The van der Waals surface area contributed by atoms with Gasteiger partial charge in [0.25, 0.3) is 0 Å². The Kier molecular flexibility index (Phi) is 6.66. The van der Waals surface area contributed by atoms with Gasteiger partial charge in [0.05, 0.1) is 18.8 Å². The lowest BCUT2D eigenvalue weighted by molar-refractivity contribution is -0.121. The van der Waals surface area contributed by atoms with Gasteiger partial charge in [-0.2, -0.15) is 0 Å². The van der Waals surface area contributed by atoms with Crippen LogP contribution in [0.3, 0.4) is 0 Å². The molecule has 2 aromatic rings. The van der Waals surface area contributed by atoms with E-state index in [2.05, 4.69) is 21.2 Å². The minimum Gasteiger partial charge on any atom is -0.495 e. The Balaban J connectivity index is 0.00000208. The van der Waals surface area contributed by atoms with Crippen LogP contribution in [-0.2, 0) is 11.2 Å². The van der Waals surface area contributed by atoms with Crippen LogP contribution in [0, 0.1) is 0 Å². The molecule has 1 heterocycles. The van der Waals surface area contributed by atoms with Crippen LogP contribution in [0.15, 0.2) is 53.0 Å². The molecule has 2 aromatic carbocycles. The number of carbonyl (C=O) groups is 1. The van der Waals surface area contributed by atoms with Crippen LogP contribution in [0.2, 0.25) is 0 Å². The number of amides is 1. The molecule has 1 atom stereocenters. The van der Waals surface area contributed by atoms with Crippen molar-refractivity contribution in [1.82, 2.24) is 5.32 Å². The van der Waals surface area contributed by atoms with Crippen molar-refractivity contribution in [3.8, 4) is 5.75 Å². The number of piperazine rings is 1. The Morgan fingerprint density at radius 2 is 1.92 bits per heavy atom. The molecule has 1 fully saturated rings. The highest BCUT2D eigenvalue weighted by atomic mass is 79.9. The molecule has 128 valence electrons. The molecule has 0 spiro atoms. The minimum atomic E-state index is -0.229. The zero-order valence-corrected chi connectivity index (χ0v) is 15.8. The number of anilines is 1. The normalized spacial score (nSPS) is 17.3. The van der Waals surface area contributed by atoms with E-state index in [0.29, 0.717) is 13.0 Å². The number of ether oxygens (including phenoxy) is 1. The molecule has 3 rings (SSSR count). The van der Waals surface area contributed by atoms with Crippen molar-refractivity contribution in [1.29, 1.82) is 0 Å². The molecule has 1 saturated heterocycles. The first-order chi connectivity index (χ1) is 11.2. The molecule has 0 radical (unpaired) electrons. The molecule has 24 heavy (non-hydrogen) atoms. The molecule has 0 aliphatic carbocycles. The number of para-hydroxylation sites is 2. The van der Waals surface area contributed by atoms with Gasteiger partial charge in [-0.15, -0.1) is 12.4 Å². The molecule has 1 amide bonds. The summed E-state index contributed by atoms with van der Waals surface area (Å²) in [5.41, 5.74) is 1.96. The molecular weight excluding hydrogens is 392 g/mol. The van der Waals surface area contributed by atoms with Gasteiger partial charge in [0, 0.05) is 17.6 Å². The van der Waals surface area contributed by atoms with Gasteiger partial charge in [-0.1, -0.05) is 46.3 Å². The second-order valence-corrected chi connectivity index (χ2v) is 6.32. The van der Waals surface area contributed by atoms with E-state index in [1.54, 1.807) is 7.11 Å². The third-order valence-electron chi connectivity index (χ3n) is 4.05. The minimum absolute atomic E-state index is 0. The van der Waals surface area contributed by atoms with Crippen LogP contribution >= 0.6 is 28.3 Å². The Bertz CT molecular complexity index is 711. The third-order valence-corrected chi connectivity index (χ3v) is 4.82. The Hall–Kier alpha value is -1.56. The Labute approximate surface area is 156 Å². The topological polar surface area (TPSA) is 41.6 Å². The monoisotopic (exact) mass is 410 g/mol. The smallest absolute Gasteiger partial charge is 0.244 e. The van der Waals surface area contributed by atoms with Crippen LogP contribution in [-0.4, -0.2) is 32.1 Å². The molecule has 4 nitrogen and oxygen atoms in total. The van der Waals surface area contributed by atoms with Gasteiger partial charge in [0.1, 0.15) is 5.75 Å². The van der Waals surface area contributed by atoms with Crippen molar-refractivity contribution in [2.45, 2.75) is 12.5 Å². The largest absolute Gasteiger partial charge is 0.495 e. The van der Waals surface area contributed by atoms with Crippen molar-refractivity contribution < 1.29 is 9.53 Å². The van der Waals surface area contributed by atoms with Gasteiger partial charge >= 0.3 is 0 Å². The number of benzene rings is 2. The SMILES string of the molecule is COc1ccccc1N1CCNC(Cc2ccccc2Br)C1=O.Cl. The highest BCUT2D eigenvalue weighted by Crippen LogP contribution is 2.29. The fraction of sp³-hybridized carbons (Fsp3) is 0.278. The summed E-state index contributed by atoms with van der Waals surface area (Å²) in [4.78, 5) is 14.7. The van der Waals surface area contributed by atoms with Crippen molar-refractivity contribution in [2.24, 2.45) is 0 Å². The molecule has 6 heteroatoms. The number of carbonyl (C=O) groups excluding carboxylic acids is 1. The number of halogens is 2. The summed E-state index contributed by atoms with van der Waals surface area (Å²) in [6.07, 6.45) is 0.659. The van der Waals surface area contributed by atoms with Crippen LogP contribution < -0.4 is 15.0 Å². The zero-order chi connectivity index (χ0) is 16.2. The number of hydrogen-bond donors (Lipinski definition) is 1. The van der Waals surface area contributed by atoms with E-state index in [0.717, 1.165) is 28.0 Å². The lowest BCUT2D eigenvalue weighted by Crippen LogP contribution is -2.56. The van der Waals surface area contributed by atoms with Gasteiger partial charge in [-0.3, -0.25) is 4.79 Å². The first-order valence-corrected chi connectivity index (χ1v) is 8.41. The van der Waals surface area contributed by atoms with E-state index in [4.69, 9.17) is 4.74 Å². The van der Waals surface area contributed by atoms with Gasteiger partial charge in [-0.05, 0) is 30.2 Å². The lowest BCUT2D eigenvalue weighted by Gasteiger charge is -2.34. The highest BCUT2D eigenvalue weighted by Gasteiger charge is 2.31. The van der Waals surface area contributed by atoms with E-state index < -0.39 is 0 Å². The van der Waals surface area contributed by atoms with Crippen molar-refractivity contribution >= 4 is 39.9 Å². The van der Waals surface area contributed by atoms with Crippen molar-refractivity contribution in [3.63, 3.8) is 0 Å². The maximum atomic E-state index is 12.9. The van der Waals surface area contributed by atoms with Gasteiger partial charge in [-0.25, -0.2) is 0 Å². The van der Waals surface area contributed by atoms with Crippen LogP contribution in [0.25, 0.3) is 0 Å². The zero-order valence-electron chi connectivity index (χ0n) is 13.4. The van der Waals surface area contributed by atoms with Gasteiger partial charge in [0.2, 0.25) is 5.91 Å². The molecule has 1 unspecified atom stereocenters. The predicted molar refractivity (Wildman–Crippen MR) is 102 cm³/mol. The lowest BCUT2D eigenvalue weighted by atomic mass is 10.0. The number of methoxy groups -OCH3 is 1. The van der Waals surface area contributed by atoms with Crippen molar-refractivity contribution in [2.75, 3.05) is 25.1 Å². The fourth-order valence-corrected chi connectivity index (χ4v) is 3.32. The maximum Gasteiger partial charge on any atom is 0.244 e. The predicted octanol–water partition coefficient (Wildman–Crippen LogP) is 3.43. The summed E-state index contributed by atoms with van der Waals surface area (Å²) >= 11 is 3.55. The summed E-state index contributed by atoms with van der Waals surface area (Å²) in [5, 5.41) is 3.33. The average molecular weight is 412 g/mol. The second-order valence-electron chi connectivity index (χ2n) is 5.46. The van der Waals surface area contributed by atoms with Gasteiger partial charge in [0.15, 0.2) is 0 Å². The maximum absolute atomic E-state index is 12.9. The van der Waals surface area contributed by atoms with E-state index in [-0.39, 0.29) is 24.4 Å². The third kappa shape index (κ3) is 3.91. The first-order valence-electron chi connectivity index (χ1n) is 7.62. The number of nitrogens with zero attached hydrogens (tertiary/aromatic N) is 1. The summed E-state index contributed by atoms with van der Waals surface area (Å²) in [6.45, 7) is 1.41. The second kappa shape index (κ2) is 8.51. The fourth-order valence-electron chi connectivity index (χ4n) is 2.87. The number of rotatable bonds is 4. The summed E-state index contributed by atoms with van der Waals surface area (Å²) in [7, 11) is 1.63. The summed E-state index contributed by atoms with van der Waals surface area (Å²) in [6, 6.07) is 15.4. The van der Waals surface area contributed by atoms with E-state index in [1.165, 1.54) is 0 Å². The number of nitrogens with one attached hydrogen (secondary N) is 1. The molecule has 0 aromatic heterocycles. The molecule has 0 saturated carbocycles. The molecule has 1 N–H and O–H groups in total. The molecular formula is C18H20BrClN2O2. The summed E-state index contributed by atoms with van der Waals surface area (Å²) in [5.74, 6) is 0.805. The molecule has 0 bridgehead atoms. The van der Waals surface area contributed by atoms with E-state index >= 15 is 0 Å². The standard InChI is InChI=1S/C18H19BrN2O2.ClH/c1-23-17-9-5-4-8-16(17)21-11-10-20-15(18(21)22)12-13-6-2-3-7-14(13)19;/h2-9,15,20H,10-12H2,1H3;1H. The first kappa shape index (κ1) is 18.8. The Morgan fingerprint density at radius 3 is 2.67 bits per heavy atom. The van der Waals surface area contributed by atoms with Crippen LogP contribution in [0.4, 0.5) is 5.69 Å². The quantitative estimate of drug-likeness (QED) is 0.838. The average Bonchev–Trinajstić information content (AvgIpc) is 2.58. The molecule has 1 aliphatic heterocycles. The molecule has 1 aliphatic rings. The summed E-state index contributed by atoms with van der Waals surface area (Å²) < 4.78 is 6.43. The van der Waals surface area contributed by atoms with E-state index in [1.807, 2.05) is 53.4 Å². The van der Waals surface area contributed by atoms with E-state index in [9.17, 15) is 4.79 Å².